The number of anilines is 2. The Morgan fingerprint density at radius 1 is 1.39 bits per heavy atom. The summed E-state index contributed by atoms with van der Waals surface area (Å²) in [5, 5.41) is 8.06. The zero-order chi connectivity index (χ0) is 20.3. The van der Waals surface area contributed by atoms with Gasteiger partial charge in [0.05, 0.1) is 31.0 Å². The lowest BCUT2D eigenvalue weighted by molar-refractivity contribution is -0.132. The number of carbonyl (C=O) groups is 2. The maximum absolute atomic E-state index is 14.6. The molecule has 2 heterocycles. The summed E-state index contributed by atoms with van der Waals surface area (Å²) in [4.78, 5) is 25.8. The maximum atomic E-state index is 14.6. The van der Waals surface area contributed by atoms with Gasteiger partial charge in [0.15, 0.2) is 0 Å². The Balaban J connectivity index is 1.65. The summed E-state index contributed by atoms with van der Waals surface area (Å²) in [5.74, 6) is -1.97. The molecule has 1 atom stereocenters. The van der Waals surface area contributed by atoms with Crippen molar-refractivity contribution in [3.8, 4) is 0 Å². The van der Waals surface area contributed by atoms with E-state index in [-0.39, 0.29) is 18.8 Å². The van der Waals surface area contributed by atoms with Crippen LogP contribution in [-0.4, -0.2) is 68.6 Å². The normalized spacial score (nSPS) is 19.4. The fraction of sp³-hybridized carbons (Fsp3) is 0.471. The molecule has 2 aliphatic rings. The topological polar surface area (TPSA) is 77.5 Å². The predicted molar refractivity (Wildman–Crippen MR) is 96.1 cm³/mol. The first kappa shape index (κ1) is 19.8. The van der Waals surface area contributed by atoms with E-state index in [0.29, 0.717) is 18.8 Å². The first-order chi connectivity index (χ1) is 13.4. The molecule has 28 heavy (non-hydrogen) atoms. The van der Waals surface area contributed by atoms with E-state index in [1.54, 1.807) is 17.3 Å². The molecule has 1 aromatic carbocycles. The highest BCUT2D eigenvalue weighted by molar-refractivity contribution is 5.90. The number of hydrazone groups is 1. The van der Waals surface area contributed by atoms with Gasteiger partial charge in [-0.1, -0.05) is 0 Å². The largest absolute Gasteiger partial charge is 0.442 e. The second-order valence-electron chi connectivity index (χ2n) is 6.27. The highest BCUT2D eigenvalue weighted by atomic mass is 19.3. The Bertz CT molecular complexity index is 776. The molecule has 1 aromatic rings. The molecule has 2 aliphatic heterocycles. The molecule has 0 aliphatic carbocycles. The molecule has 11 heteroatoms. The summed E-state index contributed by atoms with van der Waals surface area (Å²) < 4.78 is 44.1. The molecule has 3 rings (SSSR count). The van der Waals surface area contributed by atoms with Gasteiger partial charge in [-0.15, -0.1) is 0 Å². The van der Waals surface area contributed by atoms with Crippen LogP contribution in [0.2, 0.25) is 0 Å². The van der Waals surface area contributed by atoms with Crippen LogP contribution in [0.4, 0.5) is 29.3 Å². The summed E-state index contributed by atoms with van der Waals surface area (Å²) in [6, 6.07) is 4.31. The number of cyclic esters (lactones) is 1. The van der Waals surface area contributed by atoms with E-state index >= 15 is 0 Å². The zero-order valence-corrected chi connectivity index (χ0v) is 15.1. The van der Waals surface area contributed by atoms with Crippen molar-refractivity contribution in [2.75, 3.05) is 42.5 Å². The van der Waals surface area contributed by atoms with Crippen molar-refractivity contribution >= 4 is 29.7 Å². The van der Waals surface area contributed by atoms with Crippen LogP contribution in [0, 0.1) is 5.82 Å². The van der Waals surface area contributed by atoms with E-state index in [2.05, 4.69) is 5.10 Å². The highest BCUT2D eigenvalue weighted by Crippen LogP contribution is 2.28. The third kappa shape index (κ3) is 4.29. The zero-order valence-electron chi connectivity index (χ0n) is 15.1. The molecule has 0 saturated carbocycles. The Morgan fingerprint density at radius 2 is 2.18 bits per heavy atom. The van der Waals surface area contributed by atoms with E-state index in [9.17, 15) is 22.8 Å². The first-order valence-corrected chi connectivity index (χ1v) is 8.78. The number of ether oxygens (including phenoxy) is 1. The van der Waals surface area contributed by atoms with E-state index in [1.807, 2.05) is 17.2 Å². The summed E-state index contributed by atoms with van der Waals surface area (Å²) in [6.07, 6.45) is -3.12. The van der Waals surface area contributed by atoms with Crippen LogP contribution >= 0.6 is 0 Å². The molecule has 1 saturated heterocycles. The van der Waals surface area contributed by atoms with Gasteiger partial charge in [0.1, 0.15) is 18.3 Å². The standard InChI is InChI=1S/C17H20F3N5O3/c1-2-24-6-5-23(10-22-24)14-4-3-11(7-13(14)18)25-9-12(28-17(25)27)8-21-16(26)15(19)20/h3-4,7,10,12,15H,2,5-6,8-9H2,1H3,(H,21,26). The minimum atomic E-state index is -3.14. The third-order valence-electron chi connectivity index (χ3n) is 4.45. The van der Waals surface area contributed by atoms with E-state index in [0.717, 1.165) is 6.54 Å². The molecule has 152 valence electrons. The maximum Gasteiger partial charge on any atom is 0.414 e. The number of hydrogen-bond acceptors (Lipinski definition) is 6. The number of likely N-dealkylation sites (N-methyl/N-ethyl adjacent to an activating group) is 1. The lowest BCUT2D eigenvalue weighted by atomic mass is 10.2. The summed E-state index contributed by atoms with van der Waals surface area (Å²) in [7, 11) is 0. The summed E-state index contributed by atoms with van der Waals surface area (Å²) in [5.41, 5.74) is 0.606. The average molecular weight is 399 g/mol. The summed E-state index contributed by atoms with van der Waals surface area (Å²) in [6.45, 7) is 3.75. The Kier molecular flexibility index (Phi) is 5.90. The van der Waals surface area contributed by atoms with Gasteiger partial charge in [-0.3, -0.25) is 14.7 Å². The highest BCUT2D eigenvalue weighted by Gasteiger charge is 2.33. The molecular formula is C17H20F3N5O3. The van der Waals surface area contributed by atoms with Crippen molar-refractivity contribution in [3.05, 3.63) is 24.0 Å². The lowest BCUT2D eigenvalue weighted by Crippen LogP contribution is -2.38. The Morgan fingerprint density at radius 3 is 2.79 bits per heavy atom. The Hall–Kier alpha value is -2.98. The van der Waals surface area contributed by atoms with Crippen LogP contribution in [0.15, 0.2) is 23.3 Å². The van der Waals surface area contributed by atoms with E-state index in [4.69, 9.17) is 4.74 Å². The van der Waals surface area contributed by atoms with Crippen molar-refractivity contribution in [2.24, 2.45) is 5.10 Å². The average Bonchev–Trinajstić information content (AvgIpc) is 3.06. The molecule has 2 amide bonds. The molecule has 0 aromatic heterocycles. The molecule has 1 fully saturated rings. The second-order valence-corrected chi connectivity index (χ2v) is 6.27. The molecule has 0 bridgehead atoms. The number of alkyl halides is 2. The van der Waals surface area contributed by atoms with Crippen molar-refractivity contribution < 1.29 is 27.5 Å². The molecule has 1 N–H and O–H groups in total. The lowest BCUT2D eigenvalue weighted by Gasteiger charge is -2.29. The van der Waals surface area contributed by atoms with Gasteiger partial charge >= 0.3 is 12.5 Å². The van der Waals surface area contributed by atoms with Gasteiger partial charge in [0, 0.05) is 13.1 Å². The number of benzene rings is 1. The van der Waals surface area contributed by atoms with E-state index in [1.165, 1.54) is 17.0 Å². The van der Waals surface area contributed by atoms with Crippen LogP contribution < -0.4 is 15.1 Å². The number of nitrogens with zero attached hydrogens (tertiary/aromatic N) is 4. The van der Waals surface area contributed by atoms with Gasteiger partial charge < -0.3 is 15.0 Å². The van der Waals surface area contributed by atoms with Crippen LogP contribution in [0.3, 0.4) is 0 Å². The predicted octanol–water partition coefficient (Wildman–Crippen LogP) is 1.62. The molecule has 8 nitrogen and oxygen atoms in total. The number of amides is 2. The van der Waals surface area contributed by atoms with Gasteiger partial charge in [-0.05, 0) is 25.1 Å². The number of carbonyl (C=O) groups excluding carboxylic acids is 2. The van der Waals surface area contributed by atoms with E-state index < -0.39 is 30.3 Å². The van der Waals surface area contributed by atoms with Crippen molar-refractivity contribution in [2.45, 2.75) is 19.5 Å². The number of rotatable bonds is 6. The molecule has 0 spiro atoms. The minimum Gasteiger partial charge on any atom is -0.442 e. The number of halogens is 3. The SMILES string of the molecule is CCN1CCN(c2ccc(N3CC(CNC(=O)C(F)F)OC3=O)cc2F)C=N1. The van der Waals surface area contributed by atoms with Crippen molar-refractivity contribution in [1.29, 1.82) is 0 Å². The van der Waals surface area contributed by atoms with Gasteiger partial charge in [-0.2, -0.15) is 13.9 Å². The van der Waals surface area contributed by atoms with Crippen LogP contribution in [-0.2, 0) is 9.53 Å². The van der Waals surface area contributed by atoms with Gasteiger partial charge in [0.2, 0.25) is 0 Å². The minimum absolute atomic E-state index is 0.0117. The van der Waals surface area contributed by atoms with Gasteiger partial charge in [-0.25, -0.2) is 9.18 Å². The number of hydrogen-bond donors (Lipinski definition) is 1. The summed E-state index contributed by atoms with van der Waals surface area (Å²) >= 11 is 0. The second kappa shape index (κ2) is 8.36. The first-order valence-electron chi connectivity index (χ1n) is 8.78. The Labute approximate surface area is 159 Å². The smallest absolute Gasteiger partial charge is 0.414 e. The molecule has 0 radical (unpaired) electrons. The van der Waals surface area contributed by atoms with Crippen LogP contribution in [0.25, 0.3) is 0 Å². The fourth-order valence-electron chi connectivity index (χ4n) is 2.92. The molecule has 1 unspecified atom stereocenters. The van der Waals surface area contributed by atoms with Crippen LogP contribution in [0.5, 0.6) is 0 Å². The van der Waals surface area contributed by atoms with Crippen molar-refractivity contribution in [1.82, 2.24) is 10.3 Å². The van der Waals surface area contributed by atoms with Crippen molar-refractivity contribution in [3.63, 3.8) is 0 Å². The third-order valence-corrected chi connectivity index (χ3v) is 4.45. The van der Waals surface area contributed by atoms with Gasteiger partial charge in [0.25, 0.3) is 5.91 Å². The fourth-order valence-corrected chi connectivity index (χ4v) is 2.92. The monoisotopic (exact) mass is 399 g/mol. The number of nitrogens with one attached hydrogen (secondary N) is 1. The van der Waals surface area contributed by atoms with Crippen LogP contribution in [0.1, 0.15) is 6.92 Å². The quantitative estimate of drug-likeness (QED) is 0.787. The molecular weight excluding hydrogens is 379 g/mol.